The molecule has 1 aliphatic heterocycles. The minimum absolute atomic E-state index is 0.0743. The molecule has 20 heavy (non-hydrogen) atoms. The van der Waals surface area contributed by atoms with Crippen LogP contribution in [0.15, 0.2) is 18.2 Å². The van der Waals surface area contributed by atoms with Crippen molar-refractivity contribution in [3.05, 3.63) is 29.3 Å². The lowest BCUT2D eigenvalue weighted by molar-refractivity contribution is -0.121. The van der Waals surface area contributed by atoms with E-state index >= 15 is 0 Å². The Morgan fingerprint density at radius 2 is 1.95 bits per heavy atom. The van der Waals surface area contributed by atoms with Crippen LogP contribution in [0.2, 0.25) is 0 Å². The van der Waals surface area contributed by atoms with Crippen molar-refractivity contribution in [1.29, 1.82) is 0 Å². The topological polar surface area (TPSA) is 41.1 Å². The summed E-state index contributed by atoms with van der Waals surface area (Å²) >= 11 is 0. The van der Waals surface area contributed by atoms with Crippen LogP contribution < -0.4 is 10.6 Å². The molecule has 0 spiro atoms. The number of aryl methyl sites for hydroxylation is 2. The lowest BCUT2D eigenvalue weighted by atomic mass is 9.95. The molecule has 0 bridgehead atoms. The zero-order valence-electron chi connectivity index (χ0n) is 13.8. The summed E-state index contributed by atoms with van der Waals surface area (Å²) in [5.74, 6) is 0.0743. The summed E-state index contributed by atoms with van der Waals surface area (Å²) < 4.78 is 0. The standard InChI is InChI=1S/C13H18N2O.2C2H6/c1-3-9-4-6-11-10(8-9)5-7-12(15-11)13(16)14-2;2*1-2/h4,6,8,12,15H,3,5,7H2,1-2H3,(H,14,16);2*1-2H3. The molecule has 1 heterocycles. The van der Waals surface area contributed by atoms with Crippen LogP contribution >= 0.6 is 0 Å². The van der Waals surface area contributed by atoms with Crippen molar-refractivity contribution in [1.82, 2.24) is 5.32 Å². The summed E-state index contributed by atoms with van der Waals surface area (Å²) in [6, 6.07) is 6.37. The van der Waals surface area contributed by atoms with E-state index in [9.17, 15) is 4.79 Å². The zero-order chi connectivity index (χ0) is 15.5. The van der Waals surface area contributed by atoms with Crippen LogP contribution in [-0.4, -0.2) is 19.0 Å². The predicted molar refractivity (Wildman–Crippen MR) is 88.3 cm³/mol. The molecule has 1 aromatic rings. The maximum atomic E-state index is 11.5. The van der Waals surface area contributed by atoms with E-state index in [0.717, 1.165) is 24.9 Å². The van der Waals surface area contributed by atoms with Crippen LogP contribution in [-0.2, 0) is 17.6 Å². The van der Waals surface area contributed by atoms with E-state index in [1.54, 1.807) is 7.05 Å². The van der Waals surface area contributed by atoms with E-state index in [1.165, 1.54) is 11.1 Å². The normalized spacial score (nSPS) is 15.4. The van der Waals surface area contributed by atoms with Gasteiger partial charge < -0.3 is 10.6 Å². The van der Waals surface area contributed by atoms with Crippen LogP contribution in [0.3, 0.4) is 0 Å². The van der Waals surface area contributed by atoms with Gasteiger partial charge in [0, 0.05) is 12.7 Å². The zero-order valence-corrected chi connectivity index (χ0v) is 13.8. The number of carbonyl (C=O) groups excluding carboxylic acids is 1. The maximum Gasteiger partial charge on any atom is 0.242 e. The number of nitrogens with one attached hydrogen (secondary N) is 2. The molecule has 0 fully saturated rings. The second kappa shape index (κ2) is 10.3. The Balaban J connectivity index is 0.000000829. The average Bonchev–Trinajstić information content (AvgIpc) is 2.56. The van der Waals surface area contributed by atoms with E-state index in [1.807, 2.05) is 27.7 Å². The number of hydrogen-bond acceptors (Lipinski definition) is 2. The summed E-state index contributed by atoms with van der Waals surface area (Å²) in [5.41, 5.74) is 3.80. The lowest BCUT2D eigenvalue weighted by Gasteiger charge is -2.26. The van der Waals surface area contributed by atoms with Gasteiger partial charge in [-0.15, -0.1) is 0 Å². The Hall–Kier alpha value is -1.51. The first-order valence-corrected chi connectivity index (χ1v) is 7.84. The van der Waals surface area contributed by atoms with Gasteiger partial charge in [-0.2, -0.15) is 0 Å². The first kappa shape index (κ1) is 18.5. The van der Waals surface area contributed by atoms with Gasteiger partial charge >= 0.3 is 0 Å². The molecule has 2 N–H and O–H groups in total. The fourth-order valence-corrected chi connectivity index (χ4v) is 2.15. The molecule has 1 aromatic carbocycles. The molecule has 0 radical (unpaired) electrons. The van der Waals surface area contributed by atoms with Crippen LogP contribution in [0, 0.1) is 0 Å². The van der Waals surface area contributed by atoms with Gasteiger partial charge in [-0.1, -0.05) is 46.8 Å². The third-order valence-electron chi connectivity index (χ3n) is 3.17. The van der Waals surface area contributed by atoms with Crippen LogP contribution in [0.5, 0.6) is 0 Å². The Morgan fingerprint density at radius 3 is 2.50 bits per heavy atom. The van der Waals surface area contributed by atoms with E-state index in [2.05, 4.69) is 35.8 Å². The molecule has 1 aliphatic rings. The number of carbonyl (C=O) groups is 1. The maximum absolute atomic E-state index is 11.5. The highest BCUT2D eigenvalue weighted by atomic mass is 16.2. The van der Waals surface area contributed by atoms with Crippen molar-refractivity contribution in [2.24, 2.45) is 0 Å². The highest BCUT2D eigenvalue weighted by Crippen LogP contribution is 2.26. The molecule has 0 aromatic heterocycles. The van der Waals surface area contributed by atoms with Crippen molar-refractivity contribution in [2.75, 3.05) is 12.4 Å². The second-order valence-electron chi connectivity index (χ2n) is 4.19. The quantitative estimate of drug-likeness (QED) is 0.864. The molecule has 3 heteroatoms. The Kier molecular flexibility index (Phi) is 9.52. The molecule has 2 rings (SSSR count). The van der Waals surface area contributed by atoms with Gasteiger partial charge in [0.1, 0.15) is 6.04 Å². The van der Waals surface area contributed by atoms with Crippen molar-refractivity contribution in [3.63, 3.8) is 0 Å². The first-order valence-electron chi connectivity index (χ1n) is 7.84. The third-order valence-corrected chi connectivity index (χ3v) is 3.17. The van der Waals surface area contributed by atoms with Gasteiger partial charge in [0.2, 0.25) is 5.91 Å². The number of benzene rings is 1. The Bertz CT molecular complexity index is 402. The van der Waals surface area contributed by atoms with Crippen LogP contribution in [0.4, 0.5) is 5.69 Å². The van der Waals surface area contributed by atoms with Gasteiger partial charge in [0.25, 0.3) is 0 Å². The summed E-state index contributed by atoms with van der Waals surface area (Å²) in [4.78, 5) is 11.5. The monoisotopic (exact) mass is 278 g/mol. The molecule has 114 valence electrons. The molecule has 0 saturated heterocycles. The molecule has 1 atom stereocenters. The van der Waals surface area contributed by atoms with Gasteiger partial charge in [-0.05, 0) is 36.5 Å². The minimum Gasteiger partial charge on any atom is -0.373 e. The smallest absolute Gasteiger partial charge is 0.242 e. The fraction of sp³-hybridized carbons (Fsp3) is 0.588. The predicted octanol–water partition coefficient (Wildman–Crippen LogP) is 3.77. The molecule has 3 nitrogen and oxygen atoms in total. The van der Waals surface area contributed by atoms with Crippen molar-refractivity contribution >= 4 is 11.6 Å². The van der Waals surface area contributed by atoms with Gasteiger partial charge in [-0.25, -0.2) is 0 Å². The van der Waals surface area contributed by atoms with E-state index in [4.69, 9.17) is 0 Å². The van der Waals surface area contributed by atoms with E-state index in [-0.39, 0.29) is 11.9 Å². The molecule has 0 aliphatic carbocycles. The van der Waals surface area contributed by atoms with Crippen LogP contribution in [0.25, 0.3) is 0 Å². The van der Waals surface area contributed by atoms with Crippen molar-refractivity contribution in [3.8, 4) is 0 Å². The summed E-state index contributed by atoms with van der Waals surface area (Å²) in [5, 5.41) is 5.97. The molecule has 1 amide bonds. The highest BCUT2D eigenvalue weighted by molar-refractivity contribution is 5.85. The van der Waals surface area contributed by atoms with E-state index in [0.29, 0.717) is 0 Å². The number of rotatable bonds is 2. The van der Waals surface area contributed by atoms with Crippen molar-refractivity contribution < 1.29 is 4.79 Å². The number of fused-ring (bicyclic) bond motifs is 1. The SMILES string of the molecule is CC.CC.CCc1ccc2c(c1)CCC(C(=O)NC)N2. The van der Waals surface area contributed by atoms with Gasteiger partial charge in [0.05, 0.1) is 0 Å². The van der Waals surface area contributed by atoms with Gasteiger partial charge in [-0.3, -0.25) is 4.79 Å². The number of likely N-dealkylation sites (N-methyl/N-ethyl adjacent to an activating group) is 1. The largest absolute Gasteiger partial charge is 0.373 e. The summed E-state index contributed by atoms with van der Waals surface area (Å²) in [6.45, 7) is 10.2. The lowest BCUT2D eigenvalue weighted by Crippen LogP contribution is -2.40. The Labute approximate surface area is 124 Å². The number of amides is 1. The summed E-state index contributed by atoms with van der Waals surface area (Å²) in [6.07, 6.45) is 2.92. The minimum atomic E-state index is -0.0787. The average molecular weight is 278 g/mol. The first-order chi connectivity index (χ1) is 9.74. The highest BCUT2D eigenvalue weighted by Gasteiger charge is 2.22. The van der Waals surface area contributed by atoms with Crippen molar-refractivity contribution in [2.45, 2.75) is 59.9 Å². The molecular weight excluding hydrogens is 248 g/mol. The van der Waals surface area contributed by atoms with Crippen LogP contribution in [0.1, 0.15) is 52.2 Å². The fourth-order valence-electron chi connectivity index (χ4n) is 2.15. The second-order valence-corrected chi connectivity index (χ2v) is 4.19. The van der Waals surface area contributed by atoms with Gasteiger partial charge in [0.15, 0.2) is 0 Å². The number of anilines is 1. The molecule has 1 unspecified atom stereocenters. The summed E-state index contributed by atoms with van der Waals surface area (Å²) in [7, 11) is 1.68. The Morgan fingerprint density at radius 1 is 1.30 bits per heavy atom. The third kappa shape index (κ3) is 4.87. The molecule has 0 saturated carbocycles. The van der Waals surface area contributed by atoms with E-state index < -0.39 is 0 Å². The molecular formula is C17H30N2O. The number of hydrogen-bond donors (Lipinski definition) is 2.